The van der Waals surface area contributed by atoms with E-state index >= 15 is 0 Å². The highest BCUT2D eigenvalue weighted by Gasteiger charge is 2.32. The van der Waals surface area contributed by atoms with Crippen LogP contribution in [-0.2, 0) is 6.18 Å². The van der Waals surface area contributed by atoms with E-state index in [2.05, 4.69) is 25.3 Å². The van der Waals surface area contributed by atoms with E-state index in [-0.39, 0.29) is 27.3 Å². The average Bonchev–Trinajstić information content (AvgIpc) is 3.16. The van der Waals surface area contributed by atoms with Gasteiger partial charge in [-0.2, -0.15) is 23.4 Å². The summed E-state index contributed by atoms with van der Waals surface area (Å²) in [7, 11) is 0. The van der Waals surface area contributed by atoms with Crippen LogP contribution in [-0.4, -0.2) is 19.9 Å². The summed E-state index contributed by atoms with van der Waals surface area (Å²) in [6, 6.07) is 6.17. The van der Waals surface area contributed by atoms with Crippen molar-refractivity contribution in [3.05, 3.63) is 63.7 Å². The molecular weight excluding hydrogens is 468 g/mol. The first-order valence-corrected chi connectivity index (χ1v) is 9.74. The maximum absolute atomic E-state index is 13.0. The van der Waals surface area contributed by atoms with Crippen molar-refractivity contribution in [1.82, 2.24) is 19.9 Å². The Balaban J connectivity index is 1.69. The van der Waals surface area contributed by atoms with Crippen LogP contribution in [0.5, 0.6) is 0 Å². The zero-order valence-electron chi connectivity index (χ0n) is 16.1. The molecule has 162 valence electrons. The minimum absolute atomic E-state index is 0.0144. The van der Waals surface area contributed by atoms with E-state index in [0.717, 1.165) is 12.1 Å². The molecular formula is C20H11Cl2F3N6O. The smallest absolute Gasteiger partial charge is 0.416 e. The molecule has 0 saturated heterocycles. The zero-order chi connectivity index (χ0) is 23.0. The lowest BCUT2D eigenvalue weighted by atomic mass is 10.1. The van der Waals surface area contributed by atoms with Gasteiger partial charge < -0.3 is 9.73 Å². The van der Waals surface area contributed by atoms with Gasteiger partial charge in [-0.15, -0.1) is 0 Å². The Kier molecular flexibility index (Phi) is 5.62. The molecule has 12 heteroatoms. The third-order valence-corrected chi connectivity index (χ3v) is 4.89. The van der Waals surface area contributed by atoms with E-state index in [1.165, 1.54) is 12.4 Å². The number of halogens is 5. The molecule has 7 nitrogen and oxygen atoms in total. The number of nitrogens with zero attached hydrogens (tertiary/aromatic N) is 5. The molecule has 0 radical (unpaired) electrons. The number of anilines is 1. The van der Waals surface area contributed by atoms with Gasteiger partial charge in [0.15, 0.2) is 5.58 Å². The molecule has 3 aromatic heterocycles. The summed E-state index contributed by atoms with van der Waals surface area (Å²) in [5.41, 5.74) is 0.646. The highest BCUT2D eigenvalue weighted by atomic mass is 35.5. The van der Waals surface area contributed by atoms with Crippen LogP contribution in [0.15, 0.2) is 41.1 Å². The molecule has 0 fully saturated rings. The molecule has 0 aliphatic heterocycles. The van der Waals surface area contributed by atoms with Gasteiger partial charge >= 0.3 is 6.18 Å². The van der Waals surface area contributed by atoms with Crippen molar-refractivity contribution >= 4 is 40.3 Å². The number of hydrogen-bond acceptors (Lipinski definition) is 7. The summed E-state index contributed by atoms with van der Waals surface area (Å²) in [6.07, 6.45) is -1.82. The second-order valence-corrected chi connectivity index (χ2v) is 7.45. The normalized spacial score (nSPS) is 12.5. The van der Waals surface area contributed by atoms with Gasteiger partial charge in [-0.3, -0.25) is 4.98 Å². The summed E-state index contributed by atoms with van der Waals surface area (Å²) in [5.74, 6) is 0. The fraction of sp³-hybridized carbons (Fsp3) is 0.150. The van der Waals surface area contributed by atoms with Crippen molar-refractivity contribution in [2.45, 2.75) is 19.1 Å². The van der Waals surface area contributed by atoms with Gasteiger partial charge in [0.2, 0.25) is 0 Å². The van der Waals surface area contributed by atoms with Crippen molar-refractivity contribution in [3.63, 3.8) is 0 Å². The summed E-state index contributed by atoms with van der Waals surface area (Å²) in [5, 5.41) is 11.8. The SMILES string of the molecule is C[C@H](Nc1nc2cc(C(F)(F)F)cc(Cl)c2o1)c1nc(Cl)cnc1-c1ccc(C#N)cn1. The number of nitrogens with one attached hydrogen (secondary N) is 1. The van der Waals surface area contributed by atoms with E-state index in [0.29, 0.717) is 22.6 Å². The van der Waals surface area contributed by atoms with Crippen molar-refractivity contribution < 1.29 is 17.6 Å². The molecule has 3 heterocycles. The standard InChI is InChI=1S/C20H11Cl2F3N6O/c1-9(16-17(28-8-15(22)31-16)13-3-2-10(6-26)7-27-13)29-19-30-14-5-11(20(23,24)25)4-12(21)18(14)32-19/h2-5,7-9H,1H3,(H,29,30)/t9-/m0/s1. The second-order valence-electron chi connectivity index (χ2n) is 6.66. The van der Waals surface area contributed by atoms with E-state index in [1.807, 2.05) is 6.07 Å². The van der Waals surface area contributed by atoms with Gasteiger partial charge in [0.1, 0.15) is 22.4 Å². The highest BCUT2D eigenvalue weighted by Crippen LogP contribution is 2.36. The third-order valence-electron chi connectivity index (χ3n) is 4.43. The molecule has 32 heavy (non-hydrogen) atoms. The van der Waals surface area contributed by atoms with Crippen LogP contribution >= 0.6 is 23.2 Å². The number of aromatic nitrogens is 4. The number of hydrogen-bond donors (Lipinski definition) is 1. The highest BCUT2D eigenvalue weighted by molar-refractivity contribution is 6.34. The fourth-order valence-corrected chi connectivity index (χ4v) is 3.34. The topological polar surface area (TPSA) is 101 Å². The van der Waals surface area contributed by atoms with E-state index in [1.54, 1.807) is 19.1 Å². The molecule has 0 bridgehead atoms. The van der Waals surface area contributed by atoms with Crippen molar-refractivity contribution in [2.24, 2.45) is 0 Å². The zero-order valence-corrected chi connectivity index (χ0v) is 17.6. The van der Waals surface area contributed by atoms with Crippen LogP contribution in [0, 0.1) is 11.3 Å². The molecule has 4 rings (SSSR count). The lowest BCUT2D eigenvalue weighted by molar-refractivity contribution is -0.137. The van der Waals surface area contributed by atoms with Gasteiger partial charge in [-0.1, -0.05) is 23.2 Å². The van der Waals surface area contributed by atoms with Gasteiger partial charge in [0.25, 0.3) is 6.01 Å². The number of oxazole rings is 1. The Hall–Kier alpha value is -3.42. The molecule has 4 aromatic rings. The first kappa shape index (κ1) is 21.8. The van der Waals surface area contributed by atoms with Gasteiger partial charge in [-0.25, -0.2) is 9.97 Å². The van der Waals surface area contributed by atoms with E-state index in [4.69, 9.17) is 32.9 Å². The molecule has 0 saturated carbocycles. The third kappa shape index (κ3) is 4.30. The minimum Gasteiger partial charge on any atom is -0.422 e. The monoisotopic (exact) mass is 478 g/mol. The van der Waals surface area contributed by atoms with Crippen LogP contribution in [0.2, 0.25) is 10.2 Å². The predicted molar refractivity (Wildman–Crippen MR) is 111 cm³/mol. The van der Waals surface area contributed by atoms with Crippen molar-refractivity contribution in [3.8, 4) is 17.5 Å². The Bertz CT molecular complexity index is 1350. The molecule has 0 spiro atoms. The number of fused-ring (bicyclic) bond motifs is 1. The first-order chi connectivity index (χ1) is 15.2. The van der Waals surface area contributed by atoms with Crippen molar-refractivity contribution in [2.75, 3.05) is 5.32 Å². The average molecular weight is 479 g/mol. The first-order valence-electron chi connectivity index (χ1n) is 8.98. The maximum atomic E-state index is 13.0. The Morgan fingerprint density at radius 3 is 2.56 bits per heavy atom. The number of rotatable bonds is 4. The largest absolute Gasteiger partial charge is 0.422 e. The summed E-state index contributed by atoms with van der Waals surface area (Å²) in [6.45, 7) is 1.71. The Morgan fingerprint density at radius 2 is 1.91 bits per heavy atom. The molecule has 0 unspecified atom stereocenters. The van der Waals surface area contributed by atoms with Crippen LogP contribution in [0.4, 0.5) is 19.2 Å². The van der Waals surface area contributed by atoms with Gasteiger partial charge in [0, 0.05) is 6.20 Å². The van der Waals surface area contributed by atoms with Crippen LogP contribution in [0.3, 0.4) is 0 Å². The summed E-state index contributed by atoms with van der Waals surface area (Å²) >= 11 is 12.0. The number of alkyl halides is 3. The quantitative estimate of drug-likeness (QED) is 0.380. The van der Waals surface area contributed by atoms with Gasteiger partial charge in [0.05, 0.1) is 39.8 Å². The van der Waals surface area contributed by atoms with Crippen molar-refractivity contribution in [1.29, 1.82) is 5.26 Å². The van der Waals surface area contributed by atoms with E-state index in [9.17, 15) is 13.2 Å². The summed E-state index contributed by atoms with van der Waals surface area (Å²) in [4.78, 5) is 16.9. The number of pyridine rings is 1. The molecule has 0 aliphatic carbocycles. The summed E-state index contributed by atoms with van der Waals surface area (Å²) < 4.78 is 44.6. The molecule has 1 N–H and O–H groups in total. The molecule has 1 aromatic carbocycles. The van der Waals surface area contributed by atoms with Crippen LogP contribution < -0.4 is 5.32 Å². The number of benzene rings is 1. The van der Waals surface area contributed by atoms with Crippen LogP contribution in [0.25, 0.3) is 22.5 Å². The predicted octanol–water partition coefficient (Wildman–Crippen LogP) is 6.05. The van der Waals surface area contributed by atoms with Crippen LogP contribution in [0.1, 0.15) is 29.8 Å². The van der Waals surface area contributed by atoms with Gasteiger partial charge in [-0.05, 0) is 31.2 Å². The molecule has 0 amide bonds. The maximum Gasteiger partial charge on any atom is 0.416 e. The Labute approximate surface area is 188 Å². The number of nitriles is 1. The lowest BCUT2D eigenvalue weighted by Crippen LogP contribution is -2.12. The molecule has 1 atom stereocenters. The Morgan fingerprint density at radius 1 is 1.12 bits per heavy atom. The lowest BCUT2D eigenvalue weighted by Gasteiger charge is -2.15. The van der Waals surface area contributed by atoms with E-state index < -0.39 is 17.8 Å². The molecule has 0 aliphatic rings. The minimum atomic E-state index is -4.57. The second kappa shape index (κ2) is 8.26. The fourth-order valence-electron chi connectivity index (χ4n) is 2.95.